The molecule has 17 aromatic rings. The Labute approximate surface area is 469 Å². The summed E-state index contributed by atoms with van der Waals surface area (Å²) in [6, 6.07) is 89.5. The van der Waals surface area contributed by atoms with Crippen LogP contribution in [0.1, 0.15) is 0 Å². The van der Waals surface area contributed by atoms with Crippen molar-refractivity contribution in [1.29, 1.82) is 0 Å². The number of para-hydroxylation sites is 2. The van der Waals surface area contributed by atoms with Gasteiger partial charge < -0.3 is 4.57 Å². The first-order valence-corrected chi connectivity index (χ1v) is 30.1. The molecule has 0 atom stereocenters. The number of hydrogen-bond acceptors (Lipinski definition) is 5. The third kappa shape index (κ3) is 7.23. The van der Waals surface area contributed by atoms with Crippen molar-refractivity contribution in [2.45, 2.75) is 0 Å². The Morgan fingerprint density at radius 2 is 0.713 bits per heavy atom. The predicted molar refractivity (Wildman–Crippen MR) is 333 cm³/mol. The molecule has 0 aliphatic rings. The van der Waals surface area contributed by atoms with Crippen molar-refractivity contribution in [2.24, 2.45) is 0 Å². The van der Waals surface area contributed by atoms with E-state index in [1.54, 1.807) is 0 Å². The predicted octanol–water partition coefficient (Wildman–Crippen LogP) is 17.1. The number of fused-ring (bicyclic) bond motifs is 14. The van der Waals surface area contributed by atoms with Crippen LogP contribution in [-0.2, 0) is 0 Å². The Morgan fingerprint density at radius 1 is 0.263 bits per heavy atom. The van der Waals surface area contributed by atoms with E-state index in [-0.39, 0.29) is 29.0 Å². The Kier molecular flexibility index (Phi) is 10.2. The van der Waals surface area contributed by atoms with Gasteiger partial charge in [-0.15, -0.1) is 0 Å². The molecule has 0 amide bonds. The second-order valence-electron chi connectivity index (χ2n) is 20.4. The monoisotopic (exact) mass is 1150 g/mol. The SMILES string of the molecule is c1ccc(-c2nc(-c3ccccc3)nc(-c3ccc4ccc(-n5c6ccccc6c6c7c8ccccc8n(-c8nc(-c9ccc%10[se]c%11ccccc%11c%10c9)cc(-c9ccc%10[se]c%11ccccc%11c%10c9)n8)c7ccc65)cc4c3)n2)cc1. The first-order chi connectivity index (χ1) is 39.6. The molecule has 0 bridgehead atoms. The van der Waals surface area contributed by atoms with Crippen molar-refractivity contribution in [1.82, 2.24) is 34.1 Å². The van der Waals surface area contributed by atoms with Crippen LogP contribution in [0.3, 0.4) is 0 Å². The van der Waals surface area contributed by atoms with Crippen LogP contribution < -0.4 is 0 Å². The van der Waals surface area contributed by atoms with Crippen molar-refractivity contribution < 1.29 is 0 Å². The molecule has 0 unspecified atom stereocenters. The molecule has 0 fully saturated rings. The van der Waals surface area contributed by atoms with Gasteiger partial charge in [0, 0.05) is 22.4 Å². The summed E-state index contributed by atoms with van der Waals surface area (Å²) in [7, 11) is 0. The summed E-state index contributed by atoms with van der Waals surface area (Å²) in [4.78, 5) is 26.3. The third-order valence-corrected chi connectivity index (χ3v) is 20.6. The van der Waals surface area contributed by atoms with Gasteiger partial charge >= 0.3 is 276 Å². The topological polar surface area (TPSA) is 74.3 Å². The molecule has 6 heterocycles. The van der Waals surface area contributed by atoms with E-state index in [0.29, 0.717) is 23.4 Å². The van der Waals surface area contributed by atoms with Crippen molar-refractivity contribution in [3.63, 3.8) is 0 Å². The molecule has 372 valence electrons. The minimum atomic E-state index is 0.265. The summed E-state index contributed by atoms with van der Waals surface area (Å²) in [5.41, 5.74) is 12.1. The molecule has 6 aromatic heterocycles. The molecule has 0 saturated carbocycles. The third-order valence-electron chi connectivity index (χ3n) is 15.8. The second-order valence-corrected chi connectivity index (χ2v) is 24.9. The first-order valence-electron chi connectivity index (χ1n) is 26.7. The van der Waals surface area contributed by atoms with E-state index >= 15 is 0 Å². The normalized spacial score (nSPS) is 12.0. The molecule has 0 aliphatic heterocycles. The number of hydrogen-bond donors (Lipinski definition) is 0. The Hall–Kier alpha value is -9.59. The standard InChI is InChI=1S/C71H41N7Se2/c1-3-15-43(16-4-1)68-74-69(44-17-5-2-6-18-44)76-70(75-68)47-28-27-42-29-32-49(38-48(42)37-47)77-58-23-11-7-21-52(58)66-60(77)33-34-61-67(66)53-22-8-12-24-59(53)78(61)71-72-56(45-30-35-64-54(39-45)50-19-9-13-25-62(50)79-64)41-57(73-71)46-31-36-65-55(40-46)51-20-10-14-26-63(51)80-65/h1-41H. The fraction of sp³-hybridized carbons (Fsp3) is 0. The van der Waals surface area contributed by atoms with Gasteiger partial charge in [0.15, 0.2) is 17.5 Å². The molecule has 0 N–H and O–H groups in total. The average molecular weight is 1150 g/mol. The molecular weight excluding hydrogens is 1110 g/mol. The summed E-state index contributed by atoms with van der Waals surface area (Å²) in [6.07, 6.45) is 0. The fourth-order valence-corrected chi connectivity index (χ4v) is 16.6. The van der Waals surface area contributed by atoms with E-state index < -0.39 is 0 Å². The zero-order chi connectivity index (χ0) is 52.4. The van der Waals surface area contributed by atoms with Crippen molar-refractivity contribution in [2.75, 3.05) is 0 Å². The van der Waals surface area contributed by atoms with Crippen LogP contribution in [0.15, 0.2) is 249 Å². The minimum Gasteiger partial charge on any atom is -0.208 e. The quantitative estimate of drug-likeness (QED) is 0.149. The molecule has 11 aromatic carbocycles. The number of nitrogens with zero attached hydrogens (tertiary/aromatic N) is 7. The zero-order valence-electron chi connectivity index (χ0n) is 42.6. The van der Waals surface area contributed by atoms with E-state index in [0.717, 1.165) is 88.5 Å². The molecular formula is C71H41N7Se2. The number of rotatable bonds is 7. The van der Waals surface area contributed by atoms with Gasteiger partial charge in [-0.2, -0.15) is 0 Å². The number of aromatic nitrogens is 7. The second kappa shape index (κ2) is 18.0. The van der Waals surface area contributed by atoms with Gasteiger partial charge in [-0.05, 0) is 35.0 Å². The maximum absolute atomic E-state index is 5.60. The Balaban J connectivity index is 0.859. The van der Waals surface area contributed by atoms with E-state index in [2.05, 4.69) is 197 Å². The maximum atomic E-state index is 5.60. The molecule has 0 saturated heterocycles. The van der Waals surface area contributed by atoms with Gasteiger partial charge in [-0.25, -0.2) is 15.0 Å². The first kappa shape index (κ1) is 45.4. The van der Waals surface area contributed by atoms with Crippen LogP contribution >= 0.6 is 0 Å². The minimum absolute atomic E-state index is 0.265. The Morgan fingerprint density at radius 3 is 1.29 bits per heavy atom. The molecule has 7 nitrogen and oxygen atoms in total. The fourth-order valence-electron chi connectivity index (χ4n) is 12.1. The number of benzene rings is 11. The summed E-state index contributed by atoms with van der Waals surface area (Å²) in [6.45, 7) is 0. The van der Waals surface area contributed by atoms with Gasteiger partial charge in [-0.3, -0.25) is 0 Å². The van der Waals surface area contributed by atoms with Gasteiger partial charge in [0.25, 0.3) is 0 Å². The Bertz CT molecular complexity index is 5190. The summed E-state index contributed by atoms with van der Waals surface area (Å²) in [5.74, 6) is 2.54. The molecule has 80 heavy (non-hydrogen) atoms. The van der Waals surface area contributed by atoms with E-state index in [9.17, 15) is 0 Å². The van der Waals surface area contributed by atoms with Gasteiger partial charge in [-0.1, -0.05) is 97.1 Å². The van der Waals surface area contributed by atoms with Crippen LogP contribution in [0, 0.1) is 0 Å². The van der Waals surface area contributed by atoms with Gasteiger partial charge in [0.1, 0.15) is 0 Å². The zero-order valence-corrected chi connectivity index (χ0v) is 46.0. The van der Waals surface area contributed by atoms with Crippen LogP contribution in [0.5, 0.6) is 0 Å². The van der Waals surface area contributed by atoms with E-state index in [4.69, 9.17) is 24.9 Å². The molecule has 0 spiro atoms. The van der Waals surface area contributed by atoms with Gasteiger partial charge in [0.05, 0.1) is 5.52 Å². The molecule has 0 aliphatic carbocycles. The van der Waals surface area contributed by atoms with E-state index in [1.807, 2.05) is 60.7 Å². The summed E-state index contributed by atoms with van der Waals surface area (Å²) < 4.78 is 10.4. The van der Waals surface area contributed by atoms with Crippen molar-refractivity contribution in [3.8, 4) is 68.3 Å². The summed E-state index contributed by atoms with van der Waals surface area (Å²) >= 11 is 0.530. The van der Waals surface area contributed by atoms with Crippen LogP contribution in [-0.4, -0.2) is 63.1 Å². The molecule has 9 heteroatoms. The van der Waals surface area contributed by atoms with Gasteiger partial charge in [0.2, 0.25) is 0 Å². The van der Waals surface area contributed by atoms with Crippen LogP contribution in [0.25, 0.3) is 161 Å². The molecule has 17 rings (SSSR count). The summed E-state index contributed by atoms with van der Waals surface area (Å²) in [5, 5.41) is 12.1. The van der Waals surface area contributed by atoms with Crippen LogP contribution in [0.2, 0.25) is 0 Å². The molecule has 0 radical (unpaired) electrons. The average Bonchev–Trinajstić information content (AvgIpc) is 4.29. The smallest absolute Gasteiger partial charge is 0.208 e. The van der Waals surface area contributed by atoms with Crippen LogP contribution in [0.4, 0.5) is 0 Å². The van der Waals surface area contributed by atoms with Crippen molar-refractivity contribution in [3.05, 3.63) is 249 Å². The van der Waals surface area contributed by atoms with E-state index in [1.165, 1.54) is 49.4 Å². The van der Waals surface area contributed by atoms with Crippen molar-refractivity contribution >= 4 is 122 Å².